The fourth-order valence-corrected chi connectivity index (χ4v) is 2.98. The Balaban J connectivity index is 1.75. The van der Waals surface area contributed by atoms with E-state index in [1.54, 1.807) is 0 Å². The second-order valence-corrected chi connectivity index (χ2v) is 5.90. The normalized spacial score (nSPS) is 20.3. The molecule has 0 spiro atoms. The minimum Gasteiger partial charge on any atom is -0.491 e. The zero-order valence-corrected chi connectivity index (χ0v) is 12.6. The van der Waals surface area contributed by atoms with Crippen molar-refractivity contribution < 1.29 is 4.74 Å². The number of ether oxygens (including phenoxy) is 1. The van der Waals surface area contributed by atoms with E-state index < -0.39 is 0 Å². The largest absolute Gasteiger partial charge is 0.491 e. The average Bonchev–Trinajstić information content (AvgIpc) is 2.80. The van der Waals surface area contributed by atoms with E-state index in [-0.39, 0.29) is 0 Å². The third kappa shape index (κ3) is 3.85. The van der Waals surface area contributed by atoms with Gasteiger partial charge in [0.2, 0.25) is 0 Å². The maximum Gasteiger partial charge on any atom is 0.133 e. The minimum absolute atomic E-state index is 0.660. The van der Waals surface area contributed by atoms with Crippen molar-refractivity contribution in [1.29, 1.82) is 0 Å². The molecule has 1 unspecified atom stereocenters. The van der Waals surface area contributed by atoms with Crippen LogP contribution in [0, 0.1) is 5.92 Å². The van der Waals surface area contributed by atoms with Crippen LogP contribution in [0.3, 0.4) is 0 Å². The number of likely N-dealkylation sites (tertiary alicyclic amines) is 1. The Morgan fingerprint density at radius 2 is 2.33 bits per heavy atom. The van der Waals surface area contributed by atoms with E-state index in [9.17, 15) is 0 Å². The number of hydrogen-bond acceptors (Lipinski definition) is 3. The van der Waals surface area contributed by atoms with Crippen molar-refractivity contribution in [3.63, 3.8) is 0 Å². The molecule has 1 aromatic rings. The molecule has 1 aliphatic heterocycles. The number of nitrogens with zero attached hydrogens (tertiary/aromatic N) is 1. The molecular weight excluding hydrogens is 316 g/mol. The molecule has 2 N–H and O–H groups in total. The van der Waals surface area contributed by atoms with Crippen molar-refractivity contribution in [1.82, 2.24) is 4.90 Å². The summed E-state index contributed by atoms with van der Waals surface area (Å²) in [5.41, 5.74) is 5.67. The lowest BCUT2D eigenvalue weighted by Crippen LogP contribution is -2.27. The van der Waals surface area contributed by atoms with Crippen molar-refractivity contribution in [2.24, 2.45) is 11.7 Å². The third-order valence-electron chi connectivity index (χ3n) is 3.26. The quantitative estimate of drug-likeness (QED) is 0.900. The van der Waals surface area contributed by atoms with Crippen LogP contribution in [0.4, 0.5) is 0 Å². The van der Waals surface area contributed by atoms with Crippen molar-refractivity contribution >= 4 is 27.5 Å². The zero-order chi connectivity index (χ0) is 13.0. The molecule has 0 amide bonds. The van der Waals surface area contributed by atoms with E-state index in [1.807, 2.05) is 18.2 Å². The van der Waals surface area contributed by atoms with Gasteiger partial charge in [0.25, 0.3) is 0 Å². The molecule has 0 saturated carbocycles. The summed E-state index contributed by atoms with van der Waals surface area (Å²) in [5.74, 6) is 1.50. The zero-order valence-electron chi connectivity index (χ0n) is 10.2. The van der Waals surface area contributed by atoms with E-state index in [4.69, 9.17) is 22.1 Å². The molecule has 0 radical (unpaired) electrons. The van der Waals surface area contributed by atoms with Gasteiger partial charge < -0.3 is 10.5 Å². The molecule has 1 aromatic carbocycles. The Kier molecular flexibility index (Phi) is 5.30. The van der Waals surface area contributed by atoms with Crippen LogP contribution in [0.15, 0.2) is 22.7 Å². The fraction of sp³-hybridized carbons (Fsp3) is 0.538. The lowest BCUT2D eigenvalue weighted by atomic mass is 10.1. The predicted molar refractivity (Wildman–Crippen MR) is 78.2 cm³/mol. The van der Waals surface area contributed by atoms with E-state index in [1.165, 1.54) is 6.42 Å². The first-order valence-electron chi connectivity index (χ1n) is 6.19. The molecule has 1 aliphatic rings. The van der Waals surface area contributed by atoms with Gasteiger partial charge in [-0.3, -0.25) is 4.90 Å². The number of nitrogens with two attached hydrogens (primary N) is 1. The van der Waals surface area contributed by atoms with Crippen LogP contribution < -0.4 is 10.5 Å². The van der Waals surface area contributed by atoms with Crippen molar-refractivity contribution in [2.45, 2.75) is 6.42 Å². The topological polar surface area (TPSA) is 38.5 Å². The molecule has 1 atom stereocenters. The fourth-order valence-electron chi connectivity index (χ4n) is 2.19. The summed E-state index contributed by atoms with van der Waals surface area (Å²) in [6, 6.07) is 5.57. The first-order valence-corrected chi connectivity index (χ1v) is 7.36. The Morgan fingerprint density at radius 1 is 1.50 bits per heavy atom. The number of hydrogen-bond donors (Lipinski definition) is 1. The first kappa shape index (κ1) is 14.1. The van der Waals surface area contributed by atoms with Crippen LogP contribution in [0.25, 0.3) is 0 Å². The first-order chi connectivity index (χ1) is 8.69. The van der Waals surface area contributed by atoms with Gasteiger partial charge in [0, 0.05) is 18.1 Å². The smallest absolute Gasteiger partial charge is 0.133 e. The Morgan fingerprint density at radius 3 is 3.00 bits per heavy atom. The highest BCUT2D eigenvalue weighted by atomic mass is 79.9. The van der Waals surface area contributed by atoms with Crippen LogP contribution in [0.1, 0.15) is 6.42 Å². The second kappa shape index (κ2) is 6.75. The monoisotopic (exact) mass is 332 g/mol. The van der Waals surface area contributed by atoms with E-state index in [0.717, 1.165) is 36.4 Å². The summed E-state index contributed by atoms with van der Waals surface area (Å²) in [4.78, 5) is 2.40. The van der Waals surface area contributed by atoms with Gasteiger partial charge in [-0.25, -0.2) is 0 Å². The molecular formula is C13H18BrClN2O. The molecule has 0 bridgehead atoms. The van der Waals surface area contributed by atoms with Crippen molar-refractivity contribution in [3.8, 4) is 5.75 Å². The van der Waals surface area contributed by atoms with Crippen LogP contribution in [-0.4, -0.2) is 37.7 Å². The van der Waals surface area contributed by atoms with Gasteiger partial charge in [0.15, 0.2) is 0 Å². The highest BCUT2D eigenvalue weighted by Gasteiger charge is 2.20. The van der Waals surface area contributed by atoms with Gasteiger partial charge in [-0.05, 0) is 59.6 Å². The Bertz CT molecular complexity index is 403. The summed E-state index contributed by atoms with van der Waals surface area (Å²) in [6.45, 7) is 4.66. The maximum absolute atomic E-state index is 5.88. The summed E-state index contributed by atoms with van der Waals surface area (Å²) >= 11 is 9.32. The lowest BCUT2D eigenvalue weighted by molar-refractivity contribution is 0.232. The SMILES string of the molecule is NCC1CCN(CCOc2ccc(Cl)cc2Br)C1. The van der Waals surface area contributed by atoms with Crippen LogP contribution in [0.2, 0.25) is 5.02 Å². The van der Waals surface area contributed by atoms with Crippen molar-refractivity contribution in [2.75, 3.05) is 32.8 Å². The molecule has 1 saturated heterocycles. The molecule has 0 aromatic heterocycles. The molecule has 2 rings (SSSR count). The highest BCUT2D eigenvalue weighted by Crippen LogP contribution is 2.28. The molecule has 1 fully saturated rings. The van der Waals surface area contributed by atoms with Gasteiger partial charge in [-0.15, -0.1) is 0 Å². The second-order valence-electron chi connectivity index (χ2n) is 4.61. The standard InChI is InChI=1S/C13H18BrClN2O/c14-12-7-11(15)1-2-13(12)18-6-5-17-4-3-10(8-16)9-17/h1-2,7,10H,3-6,8-9,16H2. The van der Waals surface area contributed by atoms with Gasteiger partial charge in [0.1, 0.15) is 12.4 Å². The molecule has 1 heterocycles. The average molecular weight is 334 g/mol. The van der Waals surface area contributed by atoms with Gasteiger partial charge >= 0.3 is 0 Å². The Hall–Kier alpha value is -0.290. The summed E-state index contributed by atoms with van der Waals surface area (Å²) < 4.78 is 6.64. The molecule has 3 nitrogen and oxygen atoms in total. The van der Waals surface area contributed by atoms with E-state index in [0.29, 0.717) is 17.5 Å². The highest BCUT2D eigenvalue weighted by molar-refractivity contribution is 9.10. The molecule has 0 aliphatic carbocycles. The number of halogens is 2. The minimum atomic E-state index is 0.660. The molecule has 100 valence electrons. The summed E-state index contributed by atoms with van der Waals surface area (Å²) in [5, 5.41) is 0.708. The van der Waals surface area contributed by atoms with E-state index in [2.05, 4.69) is 20.8 Å². The van der Waals surface area contributed by atoms with E-state index >= 15 is 0 Å². The summed E-state index contributed by atoms with van der Waals surface area (Å²) in [6.07, 6.45) is 1.21. The van der Waals surface area contributed by atoms with Crippen LogP contribution in [-0.2, 0) is 0 Å². The van der Waals surface area contributed by atoms with Crippen LogP contribution in [0.5, 0.6) is 5.75 Å². The molecule has 18 heavy (non-hydrogen) atoms. The number of benzene rings is 1. The molecule has 5 heteroatoms. The van der Waals surface area contributed by atoms with Gasteiger partial charge in [0.05, 0.1) is 4.47 Å². The van der Waals surface area contributed by atoms with Crippen molar-refractivity contribution in [3.05, 3.63) is 27.7 Å². The van der Waals surface area contributed by atoms with Gasteiger partial charge in [-0.1, -0.05) is 11.6 Å². The Labute approximate surface area is 121 Å². The summed E-state index contributed by atoms with van der Waals surface area (Å²) in [7, 11) is 0. The number of rotatable bonds is 5. The van der Waals surface area contributed by atoms with Crippen LogP contribution >= 0.6 is 27.5 Å². The third-order valence-corrected chi connectivity index (χ3v) is 4.12. The van der Waals surface area contributed by atoms with Gasteiger partial charge in [-0.2, -0.15) is 0 Å². The maximum atomic E-state index is 5.88. The predicted octanol–water partition coefficient (Wildman–Crippen LogP) is 2.76. The lowest BCUT2D eigenvalue weighted by Gasteiger charge is -2.16.